The van der Waals surface area contributed by atoms with Crippen molar-refractivity contribution in [3.63, 3.8) is 0 Å². The Kier molecular flexibility index (Phi) is 7.71. The molecule has 1 saturated heterocycles. The highest BCUT2D eigenvalue weighted by Crippen LogP contribution is 2.14. The molecule has 2 N–H and O–H groups in total. The van der Waals surface area contributed by atoms with E-state index in [1.165, 1.54) is 0 Å². The molecule has 6 nitrogen and oxygen atoms in total. The standard InChI is InChI=1S/C21H22BrN3O3S/c22-17-3-1-2-16(13-17)21(28)23-14-19(26)24-18-6-4-15(5-7-18)12-20(27)25-8-10-29-11-9-25/h1-7,13H,8-12,14H2,(H,23,28)(H,24,26). The van der Waals surface area contributed by atoms with Gasteiger partial charge in [0.2, 0.25) is 11.8 Å². The van der Waals surface area contributed by atoms with Gasteiger partial charge in [0.05, 0.1) is 13.0 Å². The number of carbonyl (C=O) groups excluding carboxylic acids is 3. The number of nitrogens with one attached hydrogen (secondary N) is 2. The summed E-state index contributed by atoms with van der Waals surface area (Å²) in [6.45, 7) is 1.49. The maximum atomic E-state index is 12.3. The third kappa shape index (κ3) is 6.61. The molecule has 0 spiro atoms. The Balaban J connectivity index is 1.45. The van der Waals surface area contributed by atoms with Crippen LogP contribution in [0, 0.1) is 0 Å². The fourth-order valence-electron chi connectivity index (χ4n) is 2.90. The van der Waals surface area contributed by atoms with Crippen molar-refractivity contribution in [3.05, 3.63) is 64.1 Å². The van der Waals surface area contributed by atoms with E-state index in [1.807, 2.05) is 34.9 Å². The highest BCUT2D eigenvalue weighted by molar-refractivity contribution is 9.10. The quantitative estimate of drug-likeness (QED) is 0.672. The first-order valence-electron chi connectivity index (χ1n) is 9.29. The fraction of sp³-hybridized carbons (Fsp3) is 0.286. The summed E-state index contributed by atoms with van der Waals surface area (Å²) in [4.78, 5) is 38.4. The fourth-order valence-corrected chi connectivity index (χ4v) is 4.20. The minimum absolute atomic E-state index is 0.126. The zero-order chi connectivity index (χ0) is 20.6. The largest absolute Gasteiger partial charge is 0.343 e. The minimum atomic E-state index is -0.317. The van der Waals surface area contributed by atoms with E-state index in [1.54, 1.807) is 30.3 Å². The number of thioether (sulfide) groups is 1. The predicted octanol–water partition coefficient (Wildman–Crippen LogP) is 2.94. The maximum Gasteiger partial charge on any atom is 0.251 e. The summed E-state index contributed by atoms with van der Waals surface area (Å²) in [5.74, 6) is 1.50. The number of benzene rings is 2. The Morgan fingerprint density at radius 2 is 1.76 bits per heavy atom. The number of nitrogens with zero attached hydrogens (tertiary/aromatic N) is 1. The average molecular weight is 476 g/mol. The SMILES string of the molecule is O=C(CNC(=O)c1cccc(Br)c1)Nc1ccc(CC(=O)N2CCSCC2)cc1. The van der Waals surface area contributed by atoms with Gasteiger partial charge in [-0.25, -0.2) is 0 Å². The zero-order valence-electron chi connectivity index (χ0n) is 15.8. The van der Waals surface area contributed by atoms with Crippen LogP contribution in [0.3, 0.4) is 0 Å². The Morgan fingerprint density at radius 1 is 1.03 bits per heavy atom. The molecule has 1 aliphatic rings. The maximum absolute atomic E-state index is 12.3. The van der Waals surface area contributed by atoms with E-state index in [0.29, 0.717) is 17.7 Å². The highest BCUT2D eigenvalue weighted by atomic mass is 79.9. The average Bonchev–Trinajstić information content (AvgIpc) is 2.74. The van der Waals surface area contributed by atoms with E-state index in [-0.39, 0.29) is 24.3 Å². The number of rotatable bonds is 6. The Bertz CT molecular complexity index is 883. The molecule has 0 unspecified atom stereocenters. The van der Waals surface area contributed by atoms with Gasteiger partial charge in [-0.1, -0.05) is 34.1 Å². The molecule has 2 aromatic carbocycles. The zero-order valence-corrected chi connectivity index (χ0v) is 18.2. The van der Waals surface area contributed by atoms with Crippen molar-refractivity contribution in [2.45, 2.75) is 6.42 Å². The first-order valence-corrected chi connectivity index (χ1v) is 11.2. The van der Waals surface area contributed by atoms with Gasteiger partial charge < -0.3 is 15.5 Å². The molecule has 3 rings (SSSR count). The lowest BCUT2D eigenvalue weighted by molar-refractivity contribution is -0.130. The second-order valence-corrected chi connectivity index (χ2v) is 8.75. The number of carbonyl (C=O) groups is 3. The lowest BCUT2D eigenvalue weighted by Crippen LogP contribution is -2.38. The van der Waals surface area contributed by atoms with Gasteiger partial charge in [-0.05, 0) is 35.9 Å². The summed E-state index contributed by atoms with van der Waals surface area (Å²) >= 11 is 5.19. The third-order valence-electron chi connectivity index (χ3n) is 4.45. The molecular weight excluding hydrogens is 454 g/mol. The van der Waals surface area contributed by atoms with E-state index < -0.39 is 0 Å². The van der Waals surface area contributed by atoms with E-state index in [9.17, 15) is 14.4 Å². The van der Waals surface area contributed by atoms with Crippen molar-refractivity contribution in [2.75, 3.05) is 36.5 Å². The minimum Gasteiger partial charge on any atom is -0.343 e. The number of anilines is 1. The molecule has 1 aliphatic heterocycles. The molecule has 0 radical (unpaired) electrons. The van der Waals surface area contributed by atoms with E-state index >= 15 is 0 Å². The number of hydrogen-bond donors (Lipinski definition) is 2. The summed E-state index contributed by atoms with van der Waals surface area (Å²) in [6.07, 6.45) is 0.363. The van der Waals surface area contributed by atoms with Crippen molar-refractivity contribution in [1.29, 1.82) is 0 Å². The smallest absolute Gasteiger partial charge is 0.251 e. The van der Waals surface area contributed by atoms with Crippen LogP contribution in [-0.4, -0.2) is 53.8 Å². The molecule has 8 heteroatoms. The predicted molar refractivity (Wildman–Crippen MR) is 119 cm³/mol. The van der Waals surface area contributed by atoms with Crippen molar-refractivity contribution in [2.24, 2.45) is 0 Å². The second-order valence-electron chi connectivity index (χ2n) is 6.61. The van der Waals surface area contributed by atoms with Gasteiger partial charge in [0.15, 0.2) is 0 Å². The van der Waals surface area contributed by atoms with Crippen LogP contribution >= 0.6 is 27.7 Å². The lowest BCUT2D eigenvalue weighted by atomic mass is 10.1. The monoisotopic (exact) mass is 475 g/mol. The summed E-state index contributed by atoms with van der Waals surface area (Å²) in [5, 5.41) is 5.34. The summed E-state index contributed by atoms with van der Waals surface area (Å²) in [6, 6.07) is 14.2. The van der Waals surface area contributed by atoms with Crippen LogP contribution in [-0.2, 0) is 16.0 Å². The lowest BCUT2D eigenvalue weighted by Gasteiger charge is -2.26. The van der Waals surface area contributed by atoms with Gasteiger partial charge in [0.1, 0.15) is 0 Å². The Morgan fingerprint density at radius 3 is 2.45 bits per heavy atom. The normalized spacial score (nSPS) is 13.6. The van der Waals surface area contributed by atoms with Crippen LogP contribution in [0.1, 0.15) is 15.9 Å². The summed E-state index contributed by atoms with van der Waals surface area (Å²) in [5.41, 5.74) is 2.01. The molecule has 1 fully saturated rings. The highest BCUT2D eigenvalue weighted by Gasteiger charge is 2.17. The topological polar surface area (TPSA) is 78.5 Å². The van der Waals surface area contributed by atoms with E-state index in [4.69, 9.17) is 0 Å². The Labute approximate surface area is 182 Å². The molecule has 0 aromatic heterocycles. The van der Waals surface area contributed by atoms with Crippen molar-refractivity contribution >= 4 is 51.1 Å². The second kappa shape index (κ2) is 10.5. The number of hydrogen-bond acceptors (Lipinski definition) is 4. The molecule has 152 valence electrons. The summed E-state index contributed by atoms with van der Waals surface area (Å²) in [7, 11) is 0. The van der Waals surface area contributed by atoms with Crippen LogP contribution in [0.4, 0.5) is 5.69 Å². The van der Waals surface area contributed by atoms with E-state index in [0.717, 1.165) is 34.6 Å². The molecule has 3 amide bonds. The third-order valence-corrected chi connectivity index (χ3v) is 5.89. The van der Waals surface area contributed by atoms with Gasteiger partial charge in [-0.15, -0.1) is 0 Å². The molecule has 1 heterocycles. The van der Waals surface area contributed by atoms with Crippen LogP contribution in [0.2, 0.25) is 0 Å². The number of amides is 3. The van der Waals surface area contributed by atoms with Crippen LogP contribution in [0.15, 0.2) is 53.0 Å². The van der Waals surface area contributed by atoms with Crippen LogP contribution in [0.5, 0.6) is 0 Å². The molecule has 0 atom stereocenters. The van der Waals surface area contributed by atoms with Gasteiger partial charge in [-0.3, -0.25) is 14.4 Å². The van der Waals surface area contributed by atoms with Gasteiger partial charge >= 0.3 is 0 Å². The molecule has 0 aliphatic carbocycles. The van der Waals surface area contributed by atoms with Crippen molar-refractivity contribution in [3.8, 4) is 0 Å². The summed E-state index contributed by atoms with van der Waals surface area (Å²) < 4.78 is 0.798. The van der Waals surface area contributed by atoms with Crippen LogP contribution < -0.4 is 10.6 Å². The Hall–Kier alpha value is -2.32. The van der Waals surface area contributed by atoms with E-state index in [2.05, 4.69) is 26.6 Å². The van der Waals surface area contributed by atoms with Crippen LogP contribution in [0.25, 0.3) is 0 Å². The van der Waals surface area contributed by atoms with Gasteiger partial charge in [0, 0.05) is 40.3 Å². The van der Waals surface area contributed by atoms with Crippen molar-refractivity contribution in [1.82, 2.24) is 10.2 Å². The molecule has 2 aromatic rings. The van der Waals surface area contributed by atoms with Gasteiger partial charge in [0.25, 0.3) is 5.91 Å². The van der Waals surface area contributed by atoms with Crippen molar-refractivity contribution < 1.29 is 14.4 Å². The molecule has 0 bridgehead atoms. The first kappa shape index (κ1) is 21.4. The molecular formula is C21H22BrN3O3S. The molecule has 0 saturated carbocycles. The van der Waals surface area contributed by atoms with Gasteiger partial charge in [-0.2, -0.15) is 11.8 Å². The number of halogens is 1. The first-order chi connectivity index (χ1) is 14.0. The molecule has 29 heavy (non-hydrogen) atoms.